The van der Waals surface area contributed by atoms with Gasteiger partial charge in [-0.2, -0.15) is 0 Å². The molecule has 0 aromatic heterocycles. The quantitative estimate of drug-likeness (QED) is 0.737. The number of fused-ring (bicyclic) bond motifs is 1. The lowest BCUT2D eigenvalue weighted by Gasteiger charge is -2.37. The zero-order valence-electron chi connectivity index (χ0n) is 12.6. The lowest BCUT2D eigenvalue weighted by molar-refractivity contribution is 0.0623. The molecule has 2 aliphatic rings. The summed E-state index contributed by atoms with van der Waals surface area (Å²) in [6.45, 7) is 2.76. The van der Waals surface area contributed by atoms with Crippen LogP contribution in [0.3, 0.4) is 0 Å². The average molecular weight is 298 g/mol. The number of hydrogen-bond donors (Lipinski definition) is 3. The van der Waals surface area contributed by atoms with Gasteiger partial charge in [0.05, 0.1) is 0 Å². The summed E-state index contributed by atoms with van der Waals surface area (Å²) in [6, 6.07) is 6.12. The minimum atomic E-state index is 0.146. The number of benzene rings is 1. The van der Waals surface area contributed by atoms with Crippen LogP contribution in [0.5, 0.6) is 0 Å². The summed E-state index contributed by atoms with van der Waals surface area (Å²) in [5, 5.41) is 10.7. The highest BCUT2D eigenvalue weighted by Crippen LogP contribution is 2.26. The fourth-order valence-electron chi connectivity index (χ4n) is 3.38. The molecular formula is C17H22N4O. The summed E-state index contributed by atoms with van der Waals surface area (Å²) in [5.74, 6) is 0.146. The molecule has 0 unspecified atom stereocenters. The van der Waals surface area contributed by atoms with Crippen molar-refractivity contribution in [1.82, 2.24) is 10.2 Å². The van der Waals surface area contributed by atoms with E-state index in [1.54, 1.807) is 0 Å². The standard InChI is InChI=1S/C17H22N4O/c18-10-14(11-19)12-1-2-16-13(9-12)5-8-21(17(16)22)15-3-6-20-7-4-15/h1-2,9-11,15,18,20H,3-8,19H2/b14-11+,18-10?. The zero-order valence-corrected chi connectivity index (χ0v) is 12.6. The van der Waals surface area contributed by atoms with Crippen molar-refractivity contribution in [1.29, 1.82) is 5.41 Å². The number of piperidine rings is 1. The Hall–Kier alpha value is -2.14. The number of nitrogens with two attached hydrogens (primary N) is 1. The Bertz CT molecular complexity index is 617. The SMILES string of the molecule is N=C/C(=C\N)c1ccc2c(c1)CCN(C1CCNCC1)C2=O. The van der Waals surface area contributed by atoms with Crippen LogP contribution in [0.1, 0.15) is 34.3 Å². The van der Waals surface area contributed by atoms with Crippen molar-refractivity contribution >= 4 is 17.7 Å². The first-order valence-electron chi connectivity index (χ1n) is 7.82. The van der Waals surface area contributed by atoms with E-state index >= 15 is 0 Å². The molecule has 0 radical (unpaired) electrons. The van der Waals surface area contributed by atoms with E-state index < -0.39 is 0 Å². The highest BCUT2D eigenvalue weighted by Gasteiger charge is 2.30. The molecule has 22 heavy (non-hydrogen) atoms. The van der Waals surface area contributed by atoms with Gasteiger partial charge in [-0.05, 0) is 49.5 Å². The molecule has 0 saturated carbocycles. The lowest BCUT2D eigenvalue weighted by Crippen LogP contribution is -2.49. The van der Waals surface area contributed by atoms with Gasteiger partial charge in [-0.1, -0.05) is 12.1 Å². The van der Waals surface area contributed by atoms with E-state index in [0.29, 0.717) is 11.6 Å². The maximum atomic E-state index is 12.8. The lowest BCUT2D eigenvalue weighted by atomic mass is 9.92. The molecule has 0 aliphatic carbocycles. The summed E-state index contributed by atoms with van der Waals surface area (Å²) in [7, 11) is 0. The third kappa shape index (κ3) is 2.64. The molecule has 116 valence electrons. The van der Waals surface area contributed by atoms with Crippen molar-refractivity contribution in [2.75, 3.05) is 19.6 Å². The smallest absolute Gasteiger partial charge is 0.254 e. The summed E-state index contributed by atoms with van der Waals surface area (Å²) in [5.41, 5.74) is 8.99. The molecule has 1 saturated heterocycles. The molecule has 2 heterocycles. The van der Waals surface area contributed by atoms with Crippen LogP contribution >= 0.6 is 0 Å². The Balaban J connectivity index is 1.86. The predicted molar refractivity (Wildman–Crippen MR) is 88.0 cm³/mol. The first-order chi connectivity index (χ1) is 10.7. The first kappa shape index (κ1) is 14.8. The van der Waals surface area contributed by atoms with Crippen molar-refractivity contribution in [3.05, 3.63) is 41.1 Å². The second-order valence-corrected chi connectivity index (χ2v) is 5.87. The Morgan fingerprint density at radius 3 is 2.82 bits per heavy atom. The highest BCUT2D eigenvalue weighted by molar-refractivity contribution is 6.08. The first-order valence-corrected chi connectivity index (χ1v) is 7.82. The van der Waals surface area contributed by atoms with Gasteiger partial charge in [0.2, 0.25) is 0 Å². The van der Waals surface area contributed by atoms with Crippen LogP contribution in [0.4, 0.5) is 0 Å². The van der Waals surface area contributed by atoms with Crippen LogP contribution < -0.4 is 11.1 Å². The van der Waals surface area contributed by atoms with Crippen molar-refractivity contribution in [3.63, 3.8) is 0 Å². The third-order valence-electron chi connectivity index (χ3n) is 4.64. The largest absolute Gasteiger partial charge is 0.404 e. The highest BCUT2D eigenvalue weighted by atomic mass is 16.2. The fourth-order valence-corrected chi connectivity index (χ4v) is 3.38. The predicted octanol–water partition coefficient (Wildman–Crippen LogP) is 1.39. The van der Waals surface area contributed by atoms with E-state index in [0.717, 1.165) is 55.6 Å². The van der Waals surface area contributed by atoms with Gasteiger partial charge in [0, 0.05) is 36.1 Å². The van der Waals surface area contributed by atoms with E-state index in [1.807, 2.05) is 23.1 Å². The average Bonchev–Trinajstić information content (AvgIpc) is 2.57. The Labute approximate surface area is 130 Å². The molecule has 0 atom stereocenters. The number of hydrogen-bond acceptors (Lipinski definition) is 4. The molecule has 2 aliphatic heterocycles. The molecule has 1 amide bonds. The number of carbonyl (C=O) groups is 1. The van der Waals surface area contributed by atoms with E-state index in [1.165, 1.54) is 12.4 Å². The van der Waals surface area contributed by atoms with Gasteiger partial charge >= 0.3 is 0 Å². The van der Waals surface area contributed by atoms with E-state index in [4.69, 9.17) is 11.1 Å². The summed E-state index contributed by atoms with van der Waals surface area (Å²) in [4.78, 5) is 14.8. The molecule has 3 rings (SSSR count). The molecule has 1 aromatic rings. The minimum absolute atomic E-state index is 0.146. The molecule has 5 heteroatoms. The topological polar surface area (TPSA) is 82.2 Å². The molecule has 0 bridgehead atoms. The number of allylic oxidation sites excluding steroid dienone is 1. The van der Waals surface area contributed by atoms with Gasteiger partial charge in [0.15, 0.2) is 0 Å². The zero-order chi connectivity index (χ0) is 15.5. The molecular weight excluding hydrogens is 276 g/mol. The minimum Gasteiger partial charge on any atom is -0.404 e. The van der Waals surface area contributed by atoms with E-state index in [9.17, 15) is 4.79 Å². The van der Waals surface area contributed by atoms with Crippen LogP contribution in [0.15, 0.2) is 24.4 Å². The van der Waals surface area contributed by atoms with Gasteiger partial charge in [0.1, 0.15) is 0 Å². The van der Waals surface area contributed by atoms with E-state index in [-0.39, 0.29) is 5.91 Å². The van der Waals surface area contributed by atoms with Crippen molar-refractivity contribution in [3.8, 4) is 0 Å². The van der Waals surface area contributed by atoms with Crippen LogP contribution in [0, 0.1) is 5.41 Å². The van der Waals surface area contributed by atoms with Gasteiger partial charge in [0.25, 0.3) is 5.91 Å². The fraction of sp³-hybridized carbons (Fsp3) is 0.412. The van der Waals surface area contributed by atoms with Crippen LogP contribution in [-0.4, -0.2) is 42.7 Å². The van der Waals surface area contributed by atoms with Crippen LogP contribution in [0.2, 0.25) is 0 Å². The van der Waals surface area contributed by atoms with Gasteiger partial charge in [-0.3, -0.25) is 4.79 Å². The van der Waals surface area contributed by atoms with Crippen molar-refractivity contribution < 1.29 is 4.79 Å². The molecule has 1 aromatic carbocycles. The Morgan fingerprint density at radius 2 is 2.14 bits per heavy atom. The number of nitrogens with zero attached hydrogens (tertiary/aromatic N) is 1. The van der Waals surface area contributed by atoms with Crippen LogP contribution in [0.25, 0.3) is 5.57 Å². The second-order valence-electron chi connectivity index (χ2n) is 5.87. The van der Waals surface area contributed by atoms with Gasteiger partial charge in [-0.15, -0.1) is 0 Å². The summed E-state index contributed by atoms with van der Waals surface area (Å²) >= 11 is 0. The molecule has 5 nitrogen and oxygen atoms in total. The maximum absolute atomic E-state index is 12.8. The Kier molecular flexibility index (Phi) is 4.24. The second kappa shape index (κ2) is 6.32. The van der Waals surface area contributed by atoms with Crippen molar-refractivity contribution in [2.45, 2.75) is 25.3 Å². The normalized spacial score (nSPS) is 19.9. The molecule has 1 fully saturated rings. The number of carbonyl (C=O) groups excluding carboxylic acids is 1. The van der Waals surface area contributed by atoms with E-state index in [2.05, 4.69) is 5.32 Å². The van der Waals surface area contributed by atoms with Crippen molar-refractivity contribution in [2.24, 2.45) is 5.73 Å². The number of amides is 1. The molecule has 4 N–H and O–H groups in total. The summed E-state index contributed by atoms with van der Waals surface area (Å²) < 4.78 is 0. The van der Waals surface area contributed by atoms with Gasteiger partial charge in [-0.25, -0.2) is 0 Å². The maximum Gasteiger partial charge on any atom is 0.254 e. The van der Waals surface area contributed by atoms with Crippen LogP contribution in [-0.2, 0) is 6.42 Å². The Morgan fingerprint density at radius 1 is 1.36 bits per heavy atom. The monoisotopic (exact) mass is 298 g/mol. The number of nitrogens with one attached hydrogen (secondary N) is 2. The number of rotatable bonds is 3. The third-order valence-corrected chi connectivity index (χ3v) is 4.64. The van der Waals surface area contributed by atoms with Gasteiger partial charge < -0.3 is 21.4 Å². The molecule has 0 spiro atoms. The summed E-state index contributed by atoms with van der Waals surface area (Å²) in [6.07, 6.45) is 5.61.